The minimum atomic E-state index is -0.266. The summed E-state index contributed by atoms with van der Waals surface area (Å²) in [7, 11) is 0. The second-order valence-electron chi connectivity index (χ2n) is 3.48. The van der Waals surface area contributed by atoms with Crippen LogP contribution in [0.4, 0.5) is 5.69 Å². The first-order valence-corrected chi connectivity index (χ1v) is 5.97. The summed E-state index contributed by atoms with van der Waals surface area (Å²) in [6, 6.07) is 2.92. The molecule has 0 unspecified atom stereocenters. The van der Waals surface area contributed by atoms with Gasteiger partial charge in [0.05, 0.1) is 26.5 Å². The summed E-state index contributed by atoms with van der Waals surface area (Å²) in [5.74, 6) is -0.456. The summed E-state index contributed by atoms with van der Waals surface area (Å²) >= 11 is 17.2. The fourth-order valence-corrected chi connectivity index (χ4v) is 1.98. The van der Waals surface area contributed by atoms with E-state index in [-0.39, 0.29) is 26.6 Å². The first kappa shape index (κ1) is 13.1. The van der Waals surface area contributed by atoms with Crippen molar-refractivity contribution in [2.45, 2.75) is 0 Å². The van der Waals surface area contributed by atoms with E-state index in [4.69, 9.17) is 34.8 Å². The van der Waals surface area contributed by atoms with E-state index < -0.39 is 0 Å². The zero-order chi connectivity index (χ0) is 13.3. The van der Waals surface area contributed by atoms with Gasteiger partial charge in [-0.05, 0) is 30.4 Å². The monoisotopic (exact) mass is 301 g/mol. The predicted molar refractivity (Wildman–Crippen MR) is 73.3 cm³/mol. The lowest BCUT2D eigenvalue weighted by Crippen LogP contribution is -2.03. The number of phenols is 1. The van der Waals surface area contributed by atoms with E-state index in [0.29, 0.717) is 11.4 Å². The number of rotatable bonds is 1. The Morgan fingerprint density at radius 3 is 2.22 bits per heavy atom. The number of ketones is 1. The number of allylic oxidation sites excluding steroid dienone is 4. The number of aromatic hydroxyl groups is 1. The molecule has 1 aliphatic rings. The number of benzene rings is 1. The Hall–Kier alpha value is -1.29. The first-order valence-electron chi connectivity index (χ1n) is 4.83. The highest BCUT2D eigenvalue weighted by molar-refractivity contribution is 6.47. The van der Waals surface area contributed by atoms with Crippen LogP contribution in [0.5, 0.6) is 5.75 Å². The fourth-order valence-electron chi connectivity index (χ4n) is 1.33. The number of phenolic OH excluding ortho intramolecular Hbond substituents is 1. The molecule has 1 aliphatic carbocycles. The van der Waals surface area contributed by atoms with Gasteiger partial charge in [0.1, 0.15) is 0 Å². The highest BCUT2D eigenvalue weighted by Gasteiger charge is 2.10. The number of hydrogen-bond acceptors (Lipinski definition) is 3. The fraction of sp³-hybridized carbons (Fsp3) is 0. The smallest absolute Gasteiger partial charge is 0.197 e. The molecule has 1 N–H and O–H groups in total. The molecular formula is C12H6Cl3NO2. The Balaban J connectivity index is 2.41. The number of carbonyl (C=O) groups excluding carboxylic acids is 1. The summed E-state index contributed by atoms with van der Waals surface area (Å²) in [6.45, 7) is 0. The van der Waals surface area contributed by atoms with Gasteiger partial charge in [0, 0.05) is 0 Å². The molecule has 0 saturated carbocycles. The van der Waals surface area contributed by atoms with Crippen molar-refractivity contribution in [2.75, 3.05) is 0 Å². The predicted octanol–water partition coefficient (Wildman–Crippen LogP) is 4.03. The maximum Gasteiger partial charge on any atom is 0.197 e. The highest BCUT2D eigenvalue weighted by atomic mass is 35.5. The van der Waals surface area contributed by atoms with Crippen LogP contribution in [0.25, 0.3) is 0 Å². The number of aliphatic imine (C=N–C) groups is 1. The minimum Gasteiger partial charge on any atom is -0.505 e. The second kappa shape index (κ2) is 5.14. The molecule has 0 saturated heterocycles. The quantitative estimate of drug-likeness (QED) is 0.796. The van der Waals surface area contributed by atoms with Gasteiger partial charge in [-0.1, -0.05) is 34.8 Å². The van der Waals surface area contributed by atoms with Gasteiger partial charge >= 0.3 is 0 Å². The molecule has 0 spiro atoms. The molecule has 1 aromatic rings. The van der Waals surface area contributed by atoms with E-state index in [1.807, 2.05) is 0 Å². The van der Waals surface area contributed by atoms with E-state index in [9.17, 15) is 9.90 Å². The van der Waals surface area contributed by atoms with Crippen LogP contribution >= 0.6 is 34.8 Å². The van der Waals surface area contributed by atoms with Crippen molar-refractivity contribution in [1.82, 2.24) is 0 Å². The first-order chi connectivity index (χ1) is 8.47. The zero-order valence-electron chi connectivity index (χ0n) is 8.82. The molecule has 92 valence electrons. The van der Waals surface area contributed by atoms with E-state index >= 15 is 0 Å². The second-order valence-corrected chi connectivity index (χ2v) is 4.71. The van der Waals surface area contributed by atoms with Crippen LogP contribution in [0.3, 0.4) is 0 Å². The Kier molecular flexibility index (Phi) is 3.76. The Bertz CT molecular complexity index is 595. The van der Waals surface area contributed by atoms with Crippen molar-refractivity contribution >= 4 is 52.0 Å². The van der Waals surface area contributed by atoms with Gasteiger partial charge in [-0.2, -0.15) is 0 Å². The minimum absolute atomic E-state index is 0.0900. The van der Waals surface area contributed by atoms with Crippen molar-refractivity contribution in [2.24, 2.45) is 4.99 Å². The third-order valence-corrected chi connectivity index (χ3v) is 3.05. The summed E-state index contributed by atoms with van der Waals surface area (Å²) in [4.78, 5) is 15.3. The van der Waals surface area contributed by atoms with Crippen LogP contribution in [0, 0.1) is 0 Å². The summed E-state index contributed by atoms with van der Waals surface area (Å²) in [6.07, 6.45) is 4.30. The average Bonchev–Trinajstić information content (AvgIpc) is 2.31. The Morgan fingerprint density at radius 2 is 1.67 bits per heavy atom. The van der Waals surface area contributed by atoms with Crippen LogP contribution in [0.15, 0.2) is 40.4 Å². The van der Waals surface area contributed by atoms with E-state index in [1.165, 1.54) is 30.4 Å². The van der Waals surface area contributed by atoms with Crippen LogP contribution in [-0.2, 0) is 4.79 Å². The normalized spacial score (nSPS) is 17.2. The molecule has 18 heavy (non-hydrogen) atoms. The lowest BCUT2D eigenvalue weighted by molar-refractivity contribution is -0.110. The van der Waals surface area contributed by atoms with Gasteiger partial charge in [0.15, 0.2) is 11.5 Å². The topological polar surface area (TPSA) is 49.7 Å². The van der Waals surface area contributed by atoms with Crippen LogP contribution in [0.2, 0.25) is 10.0 Å². The molecule has 0 aromatic heterocycles. The third-order valence-electron chi connectivity index (χ3n) is 2.18. The average molecular weight is 303 g/mol. The van der Waals surface area contributed by atoms with Crippen LogP contribution < -0.4 is 0 Å². The number of nitrogens with zero attached hydrogens (tertiary/aromatic N) is 1. The van der Waals surface area contributed by atoms with E-state index in [1.54, 1.807) is 0 Å². The molecule has 0 heterocycles. The maximum atomic E-state index is 11.1. The Labute approximate surface area is 118 Å². The highest BCUT2D eigenvalue weighted by Crippen LogP contribution is 2.35. The lowest BCUT2D eigenvalue weighted by atomic mass is 10.1. The Morgan fingerprint density at radius 1 is 1.06 bits per heavy atom. The molecule has 0 amide bonds. The van der Waals surface area contributed by atoms with Gasteiger partial charge in [0.25, 0.3) is 0 Å². The van der Waals surface area contributed by atoms with Crippen LogP contribution in [0.1, 0.15) is 0 Å². The van der Waals surface area contributed by atoms with E-state index in [2.05, 4.69) is 4.99 Å². The molecule has 0 aliphatic heterocycles. The molecule has 0 radical (unpaired) electrons. The molecule has 6 heteroatoms. The van der Waals surface area contributed by atoms with Gasteiger partial charge in [0.2, 0.25) is 0 Å². The summed E-state index contributed by atoms with van der Waals surface area (Å²) < 4.78 is 0. The molecular weight excluding hydrogens is 296 g/mol. The number of halogens is 3. The molecule has 0 bridgehead atoms. The van der Waals surface area contributed by atoms with Gasteiger partial charge in [-0.3, -0.25) is 4.79 Å². The standard InChI is InChI=1S/C12H6Cl3NO2/c13-8-3-6(1-2-11(8)17)16-7-4-9(14)12(18)10(15)5-7/h1-5,18H. The van der Waals surface area contributed by atoms with Crippen molar-refractivity contribution in [1.29, 1.82) is 0 Å². The van der Waals surface area contributed by atoms with E-state index in [0.717, 1.165) is 0 Å². The van der Waals surface area contributed by atoms with Crippen molar-refractivity contribution < 1.29 is 9.90 Å². The summed E-state index contributed by atoms with van der Waals surface area (Å²) in [5.41, 5.74) is 0.954. The number of carbonyl (C=O) groups is 1. The van der Waals surface area contributed by atoms with Crippen molar-refractivity contribution in [3.8, 4) is 5.75 Å². The summed E-state index contributed by atoms with van der Waals surface area (Å²) in [5, 5.41) is 9.71. The molecule has 0 fully saturated rings. The lowest BCUT2D eigenvalue weighted by Gasteiger charge is -2.04. The largest absolute Gasteiger partial charge is 0.505 e. The van der Waals surface area contributed by atoms with Crippen molar-refractivity contribution in [3.63, 3.8) is 0 Å². The third kappa shape index (κ3) is 2.75. The zero-order valence-corrected chi connectivity index (χ0v) is 11.1. The van der Waals surface area contributed by atoms with Crippen LogP contribution in [-0.4, -0.2) is 16.6 Å². The SMILES string of the molecule is O=C1C=CC(=Nc2cc(Cl)c(O)c(Cl)c2)C=C1Cl. The van der Waals surface area contributed by atoms with Gasteiger partial charge in [-0.25, -0.2) is 4.99 Å². The molecule has 3 nitrogen and oxygen atoms in total. The molecule has 0 atom stereocenters. The maximum absolute atomic E-state index is 11.1. The van der Waals surface area contributed by atoms with Gasteiger partial charge < -0.3 is 5.11 Å². The van der Waals surface area contributed by atoms with Gasteiger partial charge in [-0.15, -0.1) is 0 Å². The molecule has 2 rings (SSSR count). The van der Waals surface area contributed by atoms with Crippen molar-refractivity contribution in [3.05, 3.63) is 45.4 Å². The molecule has 1 aromatic carbocycles. The number of hydrogen-bond donors (Lipinski definition) is 1.